The molecule has 0 spiro atoms. The summed E-state index contributed by atoms with van der Waals surface area (Å²) in [6.45, 7) is 4.76. The summed E-state index contributed by atoms with van der Waals surface area (Å²) < 4.78 is 40.2. The highest BCUT2D eigenvalue weighted by molar-refractivity contribution is 7.89. The highest BCUT2D eigenvalue weighted by atomic mass is 32.2. The summed E-state index contributed by atoms with van der Waals surface area (Å²) in [6.07, 6.45) is 1.73. The molecule has 32 heavy (non-hydrogen) atoms. The number of aromatic nitrogens is 1. The van der Waals surface area contributed by atoms with Gasteiger partial charge in [-0.1, -0.05) is 53.2 Å². The Morgan fingerprint density at radius 3 is 2.38 bits per heavy atom. The lowest BCUT2D eigenvalue weighted by Crippen LogP contribution is -2.37. The standard InChI is InChI=1S/C24H27N3O4S/c1-18-7-11-21(12-8-18)32(28,29)27(20-9-10-20)17-22-23(19-5-3-2-4-6-19)25-31-24(22)26-13-15-30-16-14-26/h2-8,11-12,20H,9-10,13-17H2,1H3. The van der Waals surface area contributed by atoms with Gasteiger partial charge in [0.25, 0.3) is 0 Å². The number of morpholine rings is 1. The van der Waals surface area contributed by atoms with Crippen molar-refractivity contribution < 1.29 is 17.7 Å². The molecule has 0 radical (unpaired) electrons. The average Bonchev–Trinajstić information content (AvgIpc) is 3.57. The number of ether oxygens (including phenoxy) is 1. The number of hydrogen-bond donors (Lipinski definition) is 0. The third-order valence-corrected chi connectivity index (χ3v) is 7.92. The lowest BCUT2D eigenvalue weighted by Gasteiger charge is -2.28. The number of nitrogens with zero attached hydrogens (tertiary/aromatic N) is 3. The van der Waals surface area contributed by atoms with Crippen molar-refractivity contribution >= 4 is 15.9 Å². The molecule has 7 nitrogen and oxygen atoms in total. The second-order valence-electron chi connectivity index (χ2n) is 8.37. The van der Waals surface area contributed by atoms with Crippen LogP contribution in [0.15, 0.2) is 64.0 Å². The molecule has 1 aliphatic carbocycles. The van der Waals surface area contributed by atoms with Crippen molar-refractivity contribution in [1.82, 2.24) is 9.46 Å². The van der Waals surface area contributed by atoms with E-state index < -0.39 is 10.0 Å². The molecule has 0 N–H and O–H groups in total. The van der Waals surface area contributed by atoms with E-state index in [2.05, 4.69) is 10.1 Å². The third kappa shape index (κ3) is 4.18. The molecule has 0 bridgehead atoms. The number of benzene rings is 2. The van der Waals surface area contributed by atoms with E-state index in [1.54, 1.807) is 16.4 Å². The zero-order valence-corrected chi connectivity index (χ0v) is 18.9. The molecule has 1 saturated heterocycles. The van der Waals surface area contributed by atoms with Crippen molar-refractivity contribution in [1.29, 1.82) is 0 Å². The smallest absolute Gasteiger partial charge is 0.243 e. The highest BCUT2D eigenvalue weighted by Crippen LogP contribution is 2.38. The zero-order chi connectivity index (χ0) is 22.1. The van der Waals surface area contributed by atoms with Gasteiger partial charge in [0.05, 0.1) is 23.7 Å². The maximum atomic E-state index is 13.6. The van der Waals surface area contributed by atoms with Crippen LogP contribution < -0.4 is 4.90 Å². The van der Waals surface area contributed by atoms with Crippen LogP contribution in [0.4, 0.5) is 5.88 Å². The van der Waals surface area contributed by atoms with Gasteiger partial charge in [0, 0.05) is 31.2 Å². The van der Waals surface area contributed by atoms with Crippen LogP contribution in [-0.2, 0) is 21.3 Å². The van der Waals surface area contributed by atoms with Gasteiger partial charge in [-0.15, -0.1) is 0 Å². The molecular formula is C24H27N3O4S. The number of aryl methyl sites for hydroxylation is 1. The van der Waals surface area contributed by atoms with Crippen molar-refractivity contribution in [3.63, 3.8) is 0 Å². The van der Waals surface area contributed by atoms with Crippen molar-refractivity contribution in [2.75, 3.05) is 31.2 Å². The van der Waals surface area contributed by atoms with Crippen LogP contribution in [-0.4, -0.2) is 50.2 Å². The van der Waals surface area contributed by atoms with E-state index >= 15 is 0 Å². The molecule has 0 unspecified atom stereocenters. The molecule has 168 valence electrons. The van der Waals surface area contributed by atoms with E-state index in [0.717, 1.165) is 29.5 Å². The van der Waals surface area contributed by atoms with E-state index in [4.69, 9.17) is 9.26 Å². The van der Waals surface area contributed by atoms with Crippen molar-refractivity contribution in [2.24, 2.45) is 0 Å². The lowest BCUT2D eigenvalue weighted by atomic mass is 10.1. The summed E-state index contributed by atoms with van der Waals surface area (Å²) >= 11 is 0. The van der Waals surface area contributed by atoms with Crippen molar-refractivity contribution in [2.45, 2.75) is 37.2 Å². The number of hydrogen-bond acceptors (Lipinski definition) is 6. The molecule has 2 fully saturated rings. The highest BCUT2D eigenvalue weighted by Gasteiger charge is 2.40. The third-order valence-electron chi connectivity index (χ3n) is 6.01. The van der Waals surface area contributed by atoms with Gasteiger partial charge in [-0.3, -0.25) is 0 Å². The maximum absolute atomic E-state index is 13.6. The largest absolute Gasteiger partial charge is 0.378 e. The fourth-order valence-corrected chi connectivity index (χ4v) is 5.71. The molecule has 2 aromatic carbocycles. The van der Waals surface area contributed by atoms with Crippen LogP contribution in [0.5, 0.6) is 0 Å². The Morgan fingerprint density at radius 1 is 1.03 bits per heavy atom. The molecule has 0 atom stereocenters. The second kappa shape index (κ2) is 8.69. The van der Waals surface area contributed by atoms with Gasteiger partial charge in [0.2, 0.25) is 15.9 Å². The second-order valence-corrected chi connectivity index (χ2v) is 10.3. The summed E-state index contributed by atoms with van der Waals surface area (Å²) in [5, 5.41) is 4.38. The van der Waals surface area contributed by atoms with Gasteiger partial charge in [0.15, 0.2) is 0 Å². The topological polar surface area (TPSA) is 75.9 Å². The zero-order valence-electron chi connectivity index (χ0n) is 18.1. The molecule has 5 rings (SSSR count). The number of anilines is 1. The number of rotatable bonds is 7. The van der Waals surface area contributed by atoms with Gasteiger partial charge >= 0.3 is 0 Å². The first-order valence-electron chi connectivity index (χ1n) is 11.0. The quantitative estimate of drug-likeness (QED) is 0.541. The Hall–Kier alpha value is -2.68. The summed E-state index contributed by atoms with van der Waals surface area (Å²) in [5.74, 6) is 0.636. The van der Waals surface area contributed by atoms with Crippen LogP contribution >= 0.6 is 0 Å². The predicted octanol–water partition coefficient (Wildman–Crippen LogP) is 3.84. The molecule has 3 aromatic rings. The van der Waals surface area contributed by atoms with Crippen LogP contribution in [0.1, 0.15) is 24.0 Å². The van der Waals surface area contributed by atoms with Crippen LogP contribution in [0.3, 0.4) is 0 Å². The monoisotopic (exact) mass is 453 g/mol. The fourth-order valence-electron chi connectivity index (χ4n) is 4.06. The Morgan fingerprint density at radius 2 is 1.72 bits per heavy atom. The van der Waals surface area contributed by atoms with E-state index in [1.165, 1.54) is 0 Å². The first-order valence-corrected chi connectivity index (χ1v) is 12.4. The Kier molecular flexibility index (Phi) is 5.75. The normalized spacial score (nSPS) is 17.1. The summed E-state index contributed by atoms with van der Waals surface area (Å²) in [5.41, 5.74) is 3.44. The minimum absolute atomic E-state index is 0.00244. The van der Waals surface area contributed by atoms with Gasteiger partial charge in [-0.25, -0.2) is 8.42 Å². The minimum atomic E-state index is -3.66. The molecule has 1 aromatic heterocycles. The summed E-state index contributed by atoms with van der Waals surface area (Å²) in [4.78, 5) is 2.42. The first kappa shape index (κ1) is 21.2. The Bertz CT molecular complexity index is 1170. The SMILES string of the molecule is Cc1ccc(S(=O)(=O)N(Cc2c(-c3ccccc3)noc2N2CCOCC2)C2CC2)cc1. The summed E-state index contributed by atoms with van der Waals surface area (Å²) in [7, 11) is -3.66. The Labute approximate surface area is 188 Å². The van der Waals surface area contributed by atoms with E-state index in [1.807, 2.05) is 49.4 Å². The van der Waals surface area contributed by atoms with E-state index in [9.17, 15) is 8.42 Å². The fraction of sp³-hybridized carbons (Fsp3) is 0.375. The van der Waals surface area contributed by atoms with Crippen LogP contribution in [0, 0.1) is 6.92 Å². The van der Waals surface area contributed by atoms with Crippen molar-refractivity contribution in [3.05, 3.63) is 65.7 Å². The van der Waals surface area contributed by atoms with Gasteiger partial charge < -0.3 is 14.2 Å². The molecule has 2 aliphatic rings. The average molecular weight is 454 g/mol. The molecule has 1 aliphatic heterocycles. The molecule has 8 heteroatoms. The maximum Gasteiger partial charge on any atom is 0.243 e. The Balaban J connectivity index is 1.56. The molecule has 0 amide bonds. The molecule has 2 heterocycles. The first-order chi connectivity index (χ1) is 15.5. The van der Waals surface area contributed by atoms with Gasteiger partial charge in [0.1, 0.15) is 5.69 Å². The van der Waals surface area contributed by atoms with E-state index in [0.29, 0.717) is 42.8 Å². The van der Waals surface area contributed by atoms with Gasteiger partial charge in [-0.05, 0) is 31.9 Å². The predicted molar refractivity (Wildman–Crippen MR) is 122 cm³/mol. The summed E-state index contributed by atoms with van der Waals surface area (Å²) in [6, 6.07) is 16.8. The van der Waals surface area contributed by atoms with Crippen LogP contribution in [0.2, 0.25) is 0 Å². The molecule has 1 saturated carbocycles. The van der Waals surface area contributed by atoms with E-state index in [-0.39, 0.29) is 12.6 Å². The lowest BCUT2D eigenvalue weighted by molar-refractivity contribution is 0.120. The number of sulfonamides is 1. The van der Waals surface area contributed by atoms with Crippen molar-refractivity contribution in [3.8, 4) is 11.3 Å². The van der Waals surface area contributed by atoms with Gasteiger partial charge in [-0.2, -0.15) is 4.31 Å². The minimum Gasteiger partial charge on any atom is -0.378 e. The molecular weight excluding hydrogens is 426 g/mol. The van der Waals surface area contributed by atoms with Crippen LogP contribution in [0.25, 0.3) is 11.3 Å².